The molecule has 1 aromatic rings. The van der Waals surface area contributed by atoms with Crippen LogP contribution in [0.1, 0.15) is 19.4 Å². The molecule has 0 fully saturated rings. The maximum absolute atomic E-state index is 12.5. The minimum Gasteiger partial charge on any atom is -0.396 e. The third kappa shape index (κ3) is 2.88. The van der Waals surface area contributed by atoms with Crippen molar-refractivity contribution in [2.45, 2.75) is 20.4 Å². The van der Waals surface area contributed by atoms with Gasteiger partial charge < -0.3 is 11.5 Å². The number of nitrogens with two attached hydrogens (primary N) is 2. The second kappa shape index (κ2) is 5.55. The van der Waals surface area contributed by atoms with Crippen LogP contribution in [0.25, 0.3) is 0 Å². The number of benzene rings is 1. The zero-order valence-electron chi connectivity index (χ0n) is 7.47. The van der Waals surface area contributed by atoms with E-state index in [1.807, 2.05) is 13.8 Å². The Labute approximate surface area is 72.4 Å². The van der Waals surface area contributed by atoms with Gasteiger partial charge in [-0.05, 0) is 17.7 Å². The summed E-state index contributed by atoms with van der Waals surface area (Å²) in [6, 6.07) is 4.47. The van der Waals surface area contributed by atoms with Gasteiger partial charge in [0.25, 0.3) is 0 Å². The van der Waals surface area contributed by atoms with E-state index < -0.39 is 5.82 Å². The molecule has 0 atom stereocenters. The Morgan fingerprint density at radius 1 is 1.33 bits per heavy atom. The summed E-state index contributed by atoms with van der Waals surface area (Å²) >= 11 is 0. The SMILES string of the molecule is CC.NCc1ccc(F)c(N)c1. The molecule has 2 nitrogen and oxygen atoms in total. The first kappa shape index (κ1) is 10.9. The van der Waals surface area contributed by atoms with Gasteiger partial charge in [0.15, 0.2) is 0 Å². The van der Waals surface area contributed by atoms with E-state index in [1.54, 1.807) is 6.07 Å². The molecular formula is C9H15FN2. The number of hydrogen-bond donors (Lipinski definition) is 2. The molecule has 0 saturated carbocycles. The van der Waals surface area contributed by atoms with Crippen molar-refractivity contribution in [1.29, 1.82) is 0 Å². The van der Waals surface area contributed by atoms with Crippen molar-refractivity contribution in [3.05, 3.63) is 29.6 Å². The highest BCUT2D eigenvalue weighted by molar-refractivity contribution is 5.42. The number of hydrogen-bond acceptors (Lipinski definition) is 2. The van der Waals surface area contributed by atoms with E-state index in [1.165, 1.54) is 12.1 Å². The third-order valence-corrected chi connectivity index (χ3v) is 1.30. The molecule has 3 heteroatoms. The molecule has 0 bridgehead atoms. The molecule has 0 saturated heterocycles. The van der Waals surface area contributed by atoms with Crippen molar-refractivity contribution in [3.8, 4) is 0 Å². The molecule has 68 valence electrons. The van der Waals surface area contributed by atoms with Crippen LogP contribution in [0.4, 0.5) is 10.1 Å². The zero-order chi connectivity index (χ0) is 9.56. The van der Waals surface area contributed by atoms with Crippen LogP contribution in [0.15, 0.2) is 18.2 Å². The number of halogens is 1. The Balaban J connectivity index is 0.000000561. The largest absolute Gasteiger partial charge is 0.396 e. The molecule has 0 aliphatic carbocycles. The molecule has 0 aliphatic heterocycles. The van der Waals surface area contributed by atoms with Crippen LogP contribution in [0.3, 0.4) is 0 Å². The van der Waals surface area contributed by atoms with Crippen molar-refractivity contribution >= 4 is 5.69 Å². The highest BCUT2D eigenvalue weighted by Gasteiger charge is 1.96. The summed E-state index contributed by atoms with van der Waals surface area (Å²) in [5, 5.41) is 0. The summed E-state index contributed by atoms with van der Waals surface area (Å²) in [4.78, 5) is 0. The van der Waals surface area contributed by atoms with Gasteiger partial charge in [-0.3, -0.25) is 0 Å². The average Bonchev–Trinajstić information content (AvgIpc) is 2.13. The van der Waals surface area contributed by atoms with Gasteiger partial charge >= 0.3 is 0 Å². The summed E-state index contributed by atoms with van der Waals surface area (Å²) in [6.07, 6.45) is 0. The van der Waals surface area contributed by atoms with E-state index in [0.29, 0.717) is 6.54 Å². The van der Waals surface area contributed by atoms with Crippen LogP contribution in [-0.4, -0.2) is 0 Å². The third-order valence-electron chi connectivity index (χ3n) is 1.30. The highest BCUT2D eigenvalue weighted by atomic mass is 19.1. The molecular weight excluding hydrogens is 155 g/mol. The van der Waals surface area contributed by atoms with Gasteiger partial charge in [-0.15, -0.1) is 0 Å². The van der Waals surface area contributed by atoms with Crippen LogP contribution in [0.2, 0.25) is 0 Å². The fourth-order valence-electron chi connectivity index (χ4n) is 0.720. The smallest absolute Gasteiger partial charge is 0.146 e. The van der Waals surface area contributed by atoms with Crippen LogP contribution < -0.4 is 11.5 Å². The highest BCUT2D eigenvalue weighted by Crippen LogP contribution is 2.10. The average molecular weight is 170 g/mol. The Bertz CT molecular complexity index is 236. The van der Waals surface area contributed by atoms with E-state index in [0.717, 1.165) is 5.56 Å². The maximum Gasteiger partial charge on any atom is 0.146 e. The predicted octanol–water partition coefficient (Wildman–Crippen LogP) is 1.89. The lowest BCUT2D eigenvalue weighted by Crippen LogP contribution is -1.98. The van der Waals surface area contributed by atoms with Crippen molar-refractivity contribution in [3.63, 3.8) is 0 Å². The summed E-state index contributed by atoms with van der Waals surface area (Å²) in [6.45, 7) is 4.39. The standard InChI is InChI=1S/C7H9FN2.C2H6/c8-6-2-1-5(4-9)3-7(6)10;1-2/h1-3H,4,9-10H2;1-2H3. The number of nitrogen functional groups attached to an aromatic ring is 1. The van der Waals surface area contributed by atoms with Crippen molar-refractivity contribution in [2.75, 3.05) is 5.73 Å². The Morgan fingerprint density at radius 3 is 2.33 bits per heavy atom. The first-order valence-electron chi connectivity index (χ1n) is 3.98. The van der Waals surface area contributed by atoms with Crippen molar-refractivity contribution in [2.24, 2.45) is 5.73 Å². The summed E-state index contributed by atoms with van der Waals surface area (Å²) in [5.74, 6) is -0.391. The van der Waals surface area contributed by atoms with E-state index in [-0.39, 0.29) is 5.69 Å². The van der Waals surface area contributed by atoms with Crippen LogP contribution in [0.5, 0.6) is 0 Å². The predicted molar refractivity (Wildman–Crippen MR) is 50.1 cm³/mol. The van der Waals surface area contributed by atoms with Crippen LogP contribution in [-0.2, 0) is 6.54 Å². The molecule has 0 unspecified atom stereocenters. The Kier molecular flexibility index (Phi) is 5.04. The number of rotatable bonds is 1. The molecule has 0 amide bonds. The molecule has 1 rings (SSSR count). The lowest BCUT2D eigenvalue weighted by molar-refractivity contribution is 0.632. The quantitative estimate of drug-likeness (QED) is 0.632. The summed E-state index contributed by atoms with van der Waals surface area (Å²) < 4.78 is 12.5. The van der Waals surface area contributed by atoms with Gasteiger partial charge in [-0.2, -0.15) is 0 Å². The fraction of sp³-hybridized carbons (Fsp3) is 0.333. The van der Waals surface area contributed by atoms with E-state index >= 15 is 0 Å². The first-order chi connectivity index (χ1) is 5.74. The topological polar surface area (TPSA) is 52.0 Å². The van der Waals surface area contributed by atoms with Gasteiger partial charge in [0.2, 0.25) is 0 Å². The van der Waals surface area contributed by atoms with Gasteiger partial charge in [-0.25, -0.2) is 4.39 Å². The molecule has 0 aromatic heterocycles. The Hall–Kier alpha value is -1.09. The van der Waals surface area contributed by atoms with Gasteiger partial charge in [-0.1, -0.05) is 19.9 Å². The van der Waals surface area contributed by atoms with Gasteiger partial charge in [0.1, 0.15) is 5.82 Å². The van der Waals surface area contributed by atoms with Gasteiger partial charge in [0, 0.05) is 6.54 Å². The normalized spacial score (nSPS) is 8.67. The van der Waals surface area contributed by atoms with Crippen molar-refractivity contribution < 1.29 is 4.39 Å². The summed E-state index contributed by atoms with van der Waals surface area (Å²) in [5.41, 5.74) is 11.6. The molecule has 1 aromatic carbocycles. The molecule has 0 aliphatic rings. The maximum atomic E-state index is 12.5. The van der Waals surface area contributed by atoms with E-state index in [2.05, 4.69) is 0 Å². The zero-order valence-corrected chi connectivity index (χ0v) is 7.47. The monoisotopic (exact) mass is 170 g/mol. The lowest BCUT2D eigenvalue weighted by Gasteiger charge is -1.98. The van der Waals surface area contributed by atoms with Gasteiger partial charge in [0.05, 0.1) is 5.69 Å². The van der Waals surface area contributed by atoms with Crippen LogP contribution in [0, 0.1) is 5.82 Å². The fourth-order valence-corrected chi connectivity index (χ4v) is 0.720. The molecule has 0 radical (unpaired) electrons. The van der Waals surface area contributed by atoms with E-state index in [9.17, 15) is 4.39 Å². The molecule has 4 N–H and O–H groups in total. The number of anilines is 1. The minimum atomic E-state index is -0.391. The second-order valence-electron chi connectivity index (χ2n) is 2.06. The molecule has 0 spiro atoms. The van der Waals surface area contributed by atoms with Crippen LogP contribution >= 0.6 is 0 Å². The van der Waals surface area contributed by atoms with E-state index in [4.69, 9.17) is 11.5 Å². The Morgan fingerprint density at radius 2 is 1.92 bits per heavy atom. The summed E-state index contributed by atoms with van der Waals surface area (Å²) in [7, 11) is 0. The molecule has 0 heterocycles. The second-order valence-corrected chi connectivity index (χ2v) is 2.06. The minimum absolute atomic E-state index is 0.156. The van der Waals surface area contributed by atoms with Crippen molar-refractivity contribution in [1.82, 2.24) is 0 Å². The lowest BCUT2D eigenvalue weighted by atomic mass is 10.2. The first-order valence-corrected chi connectivity index (χ1v) is 3.98. The molecule has 12 heavy (non-hydrogen) atoms.